The Morgan fingerprint density at radius 3 is 2.63 bits per heavy atom. The minimum absolute atomic E-state index is 0.285. The Bertz CT molecular complexity index is 954. The van der Waals surface area contributed by atoms with Crippen LogP contribution in [0.2, 0.25) is 0 Å². The molecule has 0 aliphatic heterocycles. The quantitative estimate of drug-likeness (QED) is 0.642. The van der Waals surface area contributed by atoms with Crippen molar-refractivity contribution in [3.05, 3.63) is 77.6 Å². The van der Waals surface area contributed by atoms with E-state index < -0.39 is 0 Å². The number of benzene rings is 2. The van der Waals surface area contributed by atoms with Crippen LogP contribution in [0.25, 0.3) is 0 Å². The maximum atomic E-state index is 12.6. The number of pyridine rings is 1. The highest BCUT2D eigenvalue weighted by atomic mass is 16.5. The molecular formula is C22H23N3O2. The summed E-state index contributed by atoms with van der Waals surface area (Å²) in [6, 6.07) is 17.0. The molecule has 2 N–H and O–H groups in total. The Kier molecular flexibility index (Phi) is 5.71. The summed E-state index contributed by atoms with van der Waals surface area (Å²) in [4.78, 5) is 16.8. The van der Waals surface area contributed by atoms with Crippen molar-refractivity contribution in [1.29, 1.82) is 0 Å². The summed E-state index contributed by atoms with van der Waals surface area (Å²) in [5, 5.41) is 6.23. The van der Waals surface area contributed by atoms with Gasteiger partial charge in [-0.1, -0.05) is 24.3 Å². The summed E-state index contributed by atoms with van der Waals surface area (Å²) in [6.45, 7) is 6.57. The van der Waals surface area contributed by atoms with Gasteiger partial charge < -0.3 is 15.4 Å². The van der Waals surface area contributed by atoms with Gasteiger partial charge >= 0.3 is 0 Å². The average molecular weight is 361 g/mol. The first-order valence-corrected chi connectivity index (χ1v) is 8.91. The van der Waals surface area contributed by atoms with Crippen molar-refractivity contribution in [1.82, 2.24) is 4.98 Å². The zero-order valence-corrected chi connectivity index (χ0v) is 15.7. The van der Waals surface area contributed by atoms with Crippen LogP contribution in [0, 0.1) is 13.8 Å². The van der Waals surface area contributed by atoms with E-state index in [0.29, 0.717) is 23.7 Å². The molecule has 1 amide bonds. The minimum Gasteiger partial charge on any atom is -0.492 e. The molecule has 3 rings (SSSR count). The third-order valence-electron chi connectivity index (χ3n) is 4.31. The van der Waals surface area contributed by atoms with Gasteiger partial charge in [0, 0.05) is 17.6 Å². The summed E-state index contributed by atoms with van der Waals surface area (Å²) < 4.78 is 5.55. The Morgan fingerprint density at radius 2 is 1.81 bits per heavy atom. The van der Waals surface area contributed by atoms with Gasteiger partial charge in [-0.3, -0.25) is 9.78 Å². The molecule has 0 unspecified atom stereocenters. The fraction of sp³-hybridized carbons (Fsp3) is 0.182. The van der Waals surface area contributed by atoms with Gasteiger partial charge in [0.1, 0.15) is 11.4 Å². The Hall–Kier alpha value is -3.34. The van der Waals surface area contributed by atoms with E-state index in [9.17, 15) is 4.79 Å². The van der Waals surface area contributed by atoms with E-state index in [1.807, 2.05) is 43.3 Å². The lowest BCUT2D eigenvalue weighted by molar-refractivity contribution is 0.102. The molecule has 1 heterocycles. The van der Waals surface area contributed by atoms with E-state index in [-0.39, 0.29) is 5.91 Å². The number of para-hydroxylation sites is 2. The average Bonchev–Trinajstić information content (AvgIpc) is 2.67. The van der Waals surface area contributed by atoms with Crippen molar-refractivity contribution >= 4 is 23.0 Å². The number of amides is 1. The number of aryl methyl sites for hydroxylation is 1. The summed E-state index contributed by atoms with van der Waals surface area (Å²) in [5.74, 6) is 0.352. The van der Waals surface area contributed by atoms with Crippen LogP contribution in [0.15, 0.2) is 60.8 Å². The number of rotatable bonds is 6. The molecule has 0 bridgehead atoms. The fourth-order valence-corrected chi connectivity index (χ4v) is 2.71. The van der Waals surface area contributed by atoms with Crippen LogP contribution >= 0.6 is 0 Å². The summed E-state index contributed by atoms with van der Waals surface area (Å²) in [7, 11) is 0. The van der Waals surface area contributed by atoms with Crippen molar-refractivity contribution in [2.75, 3.05) is 17.2 Å². The van der Waals surface area contributed by atoms with Gasteiger partial charge in [0.25, 0.3) is 5.91 Å². The molecule has 27 heavy (non-hydrogen) atoms. The van der Waals surface area contributed by atoms with Gasteiger partial charge in [-0.15, -0.1) is 0 Å². The lowest BCUT2D eigenvalue weighted by Crippen LogP contribution is -2.14. The van der Waals surface area contributed by atoms with Crippen LogP contribution in [0.5, 0.6) is 5.75 Å². The fourth-order valence-electron chi connectivity index (χ4n) is 2.71. The van der Waals surface area contributed by atoms with E-state index in [1.54, 1.807) is 18.3 Å². The number of hydrogen-bond acceptors (Lipinski definition) is 4. The molecule has 0 spiro atoms. The molecule has 5 heteroatoms. The van der Waals surface area contributed by atoms with Crippen LogP contribution in [-0.4, -0.2) is 17.5 Å². The second-order valence-corrected chi connectivity index (χ2v) is 6.19. The van der Waals surface area contributed by atoms with Crippen LogP contribution in [0.3, 0.4) is 0 Å². The molecule has 0 radical (unpaired) electrons. The molecule has 0 aliphatic rings. The highest BCUT2D eigenvalue weighted by Crippen LogP contribution is 2.25. The number of hydrogen-bond donors (Lipinski definition) is 2. The number of nitrogens with one attached hydrogen (secondary N) is 2. The summed E-state index contributed by atoms with van der Waals surface area (Å²) in [5.41, 5.74) is 5.15. The van der Waals surface area contributed by atoms with Gasteiger partial charge in [0.2, 0.25) is 0 Å². The van der Waals surface area contributed by atoms with Crippen LogP contribution < -0.4 is 15.4 Å². The van der Waals surface area contributed by atoms with Gasteiger partial charge in [0.15, 0.2) is 0 Å². The van der Waals surface area contributed by atoms with Gasteiger partial charge in [-0.2, -0.15) is 0 Å². The first-order chi connectivity index (χ1) is 13.1. The molecule has 0 saturated carbocycles. The number of aromatic nitrogens is 1. The molecule has 0 atom stereocenters. The monoisotopic (exact) mass is 361 g/mol. The first kappa shape index (κ1) is 18.5. The first-order valence-electron chi connectivity index (χ1n) is 8.91. The minimum atomic E-state index is -0.285. The molecule has 3 aromatic rings. The number of carbonyl (C=O) groups excluding carboxylic acids is 1. The van der Waals surface area contributed by atoms with Crippen LogP contribution in [-0.2, 0) is 0 Å². The third kappa shape index (κ3) is 4.44. The summed E-state index contributed by atoms with van der Waals surface area (Å²) in [6.07, 6.45) is 1.62. The highest BCUT2D eigenvalue weighted by molar-refractivity contribution is 6.04. The number of nitrogens with zero attached hydrogens (tertiary/aromatic N) is 1. The number of anilines is 3. The molecule has 138 valence electrons. The Morgan fingerprint density at radius 1 is 1.04 bits per heavy atom. The van der Waals surface area contributed by atoms with Crippen molar-refractivity contribution in [2.45, 2.75) is 20.8 Å². The second kappa shape index (κ2) is 8.36. The largest absolute Gasteiger partial charge is 0.492 e. The molecule has 0 aliphatic carbocycles. The predicted molar refractivity (Wildman–Crippen MR) is 109 cm³/mol. The SMILES string of the molecule is CCOc1ccccc1NC(=O)c1cc(Nc2cccc(C)c2C)ccn1. The topological polar surface area (TPSA) is 63.2 Å². The second-order valence-electron chi connectivity index (χ2n) is 6.19. The van der Waals surface area contributed by atoms with Crippen LogP contribution in [0.4, 0.5) is 17.1 Å². The van der Waals surface area contributed by atoms with Gasteiger partial charge in [-0.05, 0) is 62.2 Å². The molecule has 5 nitrogen and oxygen atoms in total. The predicted octanol–water partition coefficient (Wildman–Crippen LogP) is 5.09. The third-order valence-corrected chi connectivity index (χ3v) is 4.31. The number of ether oxygens (including phenoxy) is 1. The van der Waals surface area contributed by atoms with Gasteiger partial charge in [0.05, 0.1) is 12.3 Å². The Balaban J connectivity index is 1.79. The zero-order chi connectivity index (χ0) is 19.2. The molecule has 2 aromatic carbocycles. The normalized spacial score (nSPS) is 10.3. The van der Waals surface area contributed by atoms with Crippen molar-refractivity contribution in [3.63, 3.8) is 0 Å². The van der Waals surface area contributed by atoms with Crippen LogP contribution in [0.1, 0.15) is 28.5 Å². The van der Waals surface area contributed by atoms with Gasteiger partial charge in [-0.25, -0.2) is 0 Å². The van der Waals surface area contributed by atoms with E-state index in [4.69, 9.17) is 4.74 Å². The van der Waals surface area contributed by atoms with Crippen molar-refractivity contribution < 1.29 is 9.53 Å². The lowest BCUT2D eigenvalue weighted by Gasteiger charge is -2.13. The molecule has 0 fully saturated rings. The lowest BCUT2D eigenvalue weighted by atomic mass is 10.1. The molecular weight excluding hydrogens is 338 g/mol. The standard InChI is InChI=1S/C22H23N3O2/c1-4-27-21-11-6-5-9-19(21)25-22(26)20-14-17(12-13-23-20)24-18-10-7-8-15(2)16(18)3/h5-14H,4H2,1-3H3,(H,23,24)(H,25,26). The number of carbonyl (C=O) groups is 1. The maximum Gasteiger partial charge on any atom is 0.274 e. The van der Waals surface area contributed by atoms with E-state index in [2.05, 4.69) is 35.5 Å². The highest BCUT2D eigenvalue weighted by Gasteiger charge is 2.12. The van der Waals surface area contributed by atoms with Crippen molar-refractivity contribution in [2.24, 2.45) is 0 Å². The summed E-state index contributed by atoms with van der Waals surface area (Å²) >= 11 is 0. The molecule has 0 saturated heterocycles. The molecule has 1 aromatic heterocycles. The Labute approximate surface area is 159 Å². The smallest absolute Gasteiger partial charge is 0.274 e. The van der Waals surface area contributed by atoms with E-state index >= 15 is 0 Å². The van der Waals surface area contributed by atoms with E-state index in [0.717, 1.165) is 11.4 Å². The van der Waals surface area contributed by atoms with Crippen molar-refractivity contribution in [3.8, 4) is 5.75 Å². The zero-order valence-electron chi connectivity index (χ0n) is 15.7. The maximum absolute atomic E-state index is 12.6. The van der Waals surface area contributed by atoms with E-state index in [1.165, 1.54) is 11.1 Å².